The van der Waals surface area contributed by atoms with Gasteiger partial charge in [-0.25, -0.2) is 0 Å². The maximum absolute atomic E-state index is 12.9. The largest absolute Gasteiger partial charge is 0.484 e. The number of amides is 1. The Morgan fingerprint density at radius 2 is 1.79 bits per heavy atom. The summed E-state index contributed by atoms with van der Waals surface area (Å²) in [7, 11) is 0. The van der Waals surface area contributed by atoms with Crippen LogP contribution in [0.25, 0.3) is 0 Å². The van der Waals surface area contributed by atoms with Crippen LogP contribution >= 0.6 is 0 Å². The van der Waals surface area contributed by atoms with Crippen molar-refractivity contribution < 1.29 is 32.3 Å². The maximum atomic E-state index is 12.9. The summed E-state index contributed by atoms with van der Waals surface area (Å²) < 4.78 is 41.9. The summed E-state index contributed by atoms with van der Waals surface area (Å²) in [6.07, 6.45) is -2.26. The fraction of sp³-hybridized carbons (Fsp3) is 0.571. The molecule has 29 heavy (non-hydrogen) atoms. The number of alkyl halides is 3. The molecule has 1 aromatic rings. The molecule has 0 spiro atoms. The number of ether oxygens (including phenoxy) is 1. The van der Waals surface area contributed by atoms with E-state index in [1.54, 1.807) is 13.8 Å². The number of carbonyl (C=O) groups is 3. The Morgan fingerprint density at radius 1 is 1.17 bits per heavy atom. The monoisotopic (exact) mass is 411 g/mol. The summed E-state index contributed by atoms with van der Waals surface area (Å²) in [5, 5.41) is 2.81. The van der Waals surface area contributed by atoms with Crippen LogP contribution in [-0.4, -0.2) is 36.8 Å². The van der Waals surface area contributed by atoms with Crippen LogP contribution in [0.1, 0.15) is 48.3 Å². The van der Waals surface area contributed by atoms with Crippen molar-refractivity contribution >= 4 is 17.5 Å². The van der Waals surface area contributed by atoms with Gasteiger partial charge in [0.25, 0.3) is 0 Å². The van der Waals surface area contributed by atoms with Crippen LogP contribution in [0.2, 0.25) is 0 Å². The molecule has 0 saturated heterocycles. The predicted molar refractivity (Wildman–Crippen MR) is 98.7 cm³/mol. The zero-order valence-electron chi connectivity index (χ0n) is 16.4. The van der Waals surface area contributed by atoms with E-state index in [4.69, 9.17) is 4.74 Å². The fourth-order valence-electron chi connectivity index (χ4n) is 3.85. The molecule has 2 fully saturated rings. The molecular weight excluding hydrogens is 387 g/mol. The molecular formula is C21H24F3NO4. The average Bonchev–Trinajstić information content (AvgIpc) is 3.39. The molecule has 158 valence electrons. The van der Waals surface area contributed by atoms with Crippen LogP contribution in [0.3, 0.4) is 0 Å². The van der Waals surface area contributed by atoms with E-state index >= 15 is 0 Å². The van der Waals surface area contributed by atoms with Crippen molar-refractivity contribution in [2.45, 2.75) is 51.6 Å². The topological polar surface area (TPSA) is 72.5 Å². The van der Waals surface area contributed by atoms with Gasteiger partial charge in [0.2, 0.25) is 5.91 Å². The number of rotatable bonds is 7. The zero-order chi connectivity index (χ0) is 21.3. The second-order valence-corrected chi connectivity index (χ2v) is 8.03. The number of Topliss-reactive ketones (excluding diaryl/α,β-unsaturated/α-hetero) is 2. The summed E-state index contributed by atoms with van der Waals surface area (Å²) in [6.45, 7) is 2.47. The smallest absolute Gasteiger partial charge is 0.422 e. The molecule has 0 heterocycles. The third-order valence-corrected chi connectivity index (χ3v) is 5.43. The molecule has 0 radical (unpaired) electrons. The van der Waals surface area contributed by atoms with E-state index in [2.05, 4.69) is 5.32 Å². The summed E-state index contributed by atoms with van der Waals surface area (Å²) in [5.74, 6) is -1.87. The van der Waals surface area contributed by atoms with E-state index in [0.29, 0.717) is 29.2 Å². The lowest BCUT2D eigenvalue weighted by Gasteiger charge is -2.18. The summed E-state index contributed by atoms with van der Waals surface area (Å²) in [4.78, 5) is 37.5. The number of hydrogen-bond acceptors (Lipinski definition) is 4. The summed E-state index contributed by atoms with van der Waals surface area (Å²) in [5.41, 5.74) is 1.54. The first-order chi connectivity index (χ1) is 13.5. The lowest BCUT2D eigenvalue weighted by molar-refractivity contribution is -0.153. The molecule has 2 aliphatic carbocycles. The van der Waals surface area contributed by atoms with Gasteiger partial charge >= 0.3 is 6.18 Å². The van der Waals surface area contributed by atoms with Crippen LogP contribution in [0.4, 0.5) is 13.2 Å². The zero-order valence-corrected chi connectivity index (χ0v) is 16.4. The average molecular weight is 411 g/mol. The van der Waals surface area contributed by atoms with Gasteiger partial charge in [-0.2, -0.15) is 13.2 Å². The highest BCUT2D eigenvalue weighted by molar-refractivity contribution is 6.15. The highest BCUT2D eigenvalue weighted by Crippen LogP contribution is 2.38. The third-order valence-electron chi connectivity index (χ3n) is 5.43. The molecule has 2 atom stereocenters. The van der Waals surface area contributed by atoms with Gasteiger partial charge in [0, 0.05) is 25.3 Å². The number of aryl methyl sites for hydroxylation is 2. The van der Waals surface area contributed by atoms with E-state index in [9.17, 15) is 27.6 Å². The normalized spacial score (nSPS) is 22.1. The van der Waals surface area contributed by atoms with Gasteiger partial charge in [0.15, 0.2) is 12.4 Å². The SMILES string of the molecule is Cc1cc(OCC(F)(F)F)cc(C)c1C1C(=O)CC(CC(=O)NCC2CC2)C1=O. The van der Waals surface area contributed by atoms with Crippen molar-refractivity contribution in [3.05, 3.63) is 28.8 Å². The van der Waals surface area contributed by atoms with E-state index in [-0.39, 0.29) is 36.1 Å². The van der Waals surface area contributed by atoms with Crippen LogP contribution in [0.5, 0.6) is 5.75 Å². The highest BCUT2D eigenvalue weighted by atomic mass is 19.4. The summed E-state index contributed by atoms with van der Waals surface area (Å²) >= 11 is 0. The Morgan fingerprint density at radius 3 is 2.34 bits per heavy atom. The molecule has 1 aromatic carbocycles. The van der Waals surface area contributed by atoms with Crippen molar-refractivity contribution in [2.24, 2.45) is 11.8 Å². The van der Waals surface area contributed by atoms with E-state index in [0.717, 1.165) is 12.8 Å². The Hall–Kier alpha value is -2.38. The Balaban J connectivity index is 1.71. The highest BCUT2D eigenvalue weighted by Gasteiger charge is 2.44. The van der Waals surface area contributed by atoms with Gasteiger partial charge in [0.1, 0.15) is 17.5 Å². The van der Waals surface area contributed by atoms with Crippen LogP contribution in [-0.2, 0) is 14.4 Å². The molecule has 8 heteroatoms. The minimum absolute atomic E-state index is 0.00551. The van der Waals surface area contributed by atoms with Gasteiger partial charge in [0.05, 0.1) is 0 Å². The van der Waals surface area contributed by atoms with Gasteiger partial charge in [-0.05, 0) is 61.4 Å². The number of hydrogen-bond donors (Lipinski definition) is 1. The minimum atomic E-state index is -4.45. The molecule has 5 nitrogen and oxygen atoms in total. The van der Waals surface area contributed by atoms with Crippen molar-refractivity contribution in [1.29, 1.82) is 0 Å². The van der Waals surface area contributed by atoms with Gasteiger partial charge < -0.3 is 10.1 Å². The molecule has 3 rings (SSSR count). The number of ketones is 2. The van der Waals surface area contributed by atoms with Crippen molar-refractivity contribution in [1.82, 2.24) is 5.32 Å². The quantitative estimate of drug-likeness (QED) is 0.698. The second-order valence-electron chi connectivity index (χ2n) is 8.03. The fourth-order valence-corrected chi connectivity index (χ4v) is 3.85. The summed E-state index contributed by atoms with van der Waals surface area (Å²) in [6, 6.07) is 2.81. The van der Waals surface area contributed by atoms with Gasteiger partial charge in [-0.1, -0.05) is 0 Å². The number of nitrogens with one attached hydrogen (secondary N) is 1. The van der Waals surface area contributed by atoms with E-state index < -0.39 is 24.6 Å². The maximum Gasteiger partial charge on any atom is 0.422 e. The predicted octanol–water partition coefficient (Wildman–Crippen LogP) is 3.40. The van der Waals surface area contributed by atoms with Crippen molar-refractivity contribution in [3.63, 3.8) is 0 Å². The lowest BCUT2D eigenvalue weighted by atomic mass is 9.87. The first kappa shape index (κ1) is 21.3. The Kier molecular flexibility index (Phi) is 6.00. The first-order valence-corrected chi connectivity index (χ1v) is 9.69. The molecule has 2 saturated carbocycles. The third kappa shape index (κ3) is 5.36. The molecule has 0 bridgehead atoms. The molecule has 1 amide bonds. The Bertz CT molecular complexity index is 807. The van der Waals surface area contributed by atoms with Gasteiger partial charge in [-0.3, -0.25) is 14.4 Å². The van der Waals surface area contributed by atoms with Crippen molar-refractivity contribution in [2.75, 3.05) is 13.2 Å². The number of halogens is 3. The van der Waals surface area contributed by atoms with Gasteiger partial charge in [-0.15, -0.1) is 0 Å². The molecule has 0 aromatic heterocycles. The van der Waals surface area contributed by atoms with Crippen molar-refractivity contribution in [3.8, 4) is 5.75 Å². The van der Waals surface area contributed by atoms with Crippen LogP contribution in [0, 0.1) is 25.7 Å². The molecule has 1 N–H and O–H groups in total. The minimum Gasteiger partial charge on any atom is -0.484 e. The Labute approximate surface area is 167 Å². The first-order valence-electron chi connectivity index (χ1n) is 9.69. The lowest BCUT2D eigenvalue weighted by Crippen LogP contribution is -2.29. The van der Waals surface area contributed by atoms with Crippen LogP contribution in [0.15, 0.2) is 12.1 Å². The number of benzene rings is 1. The molecule has 2 unspecified atom stereocenters. The molecule has 0 aliphatic heterocycles. The number of carbonyl (C=O) groups excluding carboxylic acids is 3. The standard InChI is InChI=1S/C21H24F3NO4/c1-11-5-15(29-10-21(22,23)24)6-12(2)18(11)19-16(26)7-14(20(19)28)8-17(27)25-9-13-3-4-13/h5-6,13-14,19H,3-4,7-10H2,1-2H3,(H,25,27). The second kappa shape index (κ2) is 8.16. The molecule has 2 aliphatic rings. The van der Waals surface area contributed by atoms with E-state index in [1.165, 1.54) is 12.1 Å². The van der Waals surface area contributed by atoms with Crippen LogP contribution < -0.4 is 10.1 Å². The van der Waals surface area contributed by atoms with E-state index in [1.807, 2.05) is 0 Å².